The molecule has 19 heavy (non-hydrogen) atoms. The monoisotopic (exact) mass is 311 g/mol. The summed E-state index contributed by atoms with van der Waals surface area (Å²) in [6, 6.07) is 18.8. The predicted molar refractivity (Wildman–Crippen MR) is 84.3 cm³/mol. The summed E-state index contributed by atoms with van der Waals surface area (Å²) in [4.78, 5) is 4.75. The minimum Gasteiger partial charge on any atom is -0.248 e. The molecule has 0 bridgehead atoms. The van der Waals surface area contributed by atoms with Crippen LogP contribution < -0.4 is 0 Å². The first-order valence-corrected chi connectivity index (χ1v) is 7.22. The lowest BCUT2D eigenvalue weighted by Gasteiger charge is -2.07. The molecule has 0 aliphatic rings. The largest absolute Gasteiger partial charge is 0.248 e. The molecule has 94 valence electrons. The fourth-order valence-electron chi connectivity index (χ4n) is 2.21. The number of aryl methyl sites for hydroxylation is 1. The van der Waals surface area contributed by atoms with Crippen LogP contribution >= 0.6 is 15.9 Å². The van der Waals surface area contributed by atoms with E-state index in [-0.39, 0.29) is 0 Å². The van der Waals surface area contributed by atoms with E-state index in [0.29, 0.717) is 0 Å². The van der Waals surface area contributed by atoms with Gasteiger partial charge in [-0.15, -0.1) is 0 Å². The second-order valence-electron chi connectivity index (χ2n) is 4.56. The summed E-state index contributed by atoms with van der Waals surface area (Å²) in [7, 11) is 0. The zero-order chi connectivity index (χ0) is 13.2. The molecule has 3 aromatic rings. The summed E-state index contributed by atoms with van der Waals surface area (Å²) in [5.74, 6) is 0. The van der Waals surface area contributed by atoms with E-state index in [2.05, 4.69) is 59.3 Å². The van der Waals surface area contributed by atoms with Crippen molar-refractivity contribution in [2.45, 2.75) is 13.3 Å². The SMILES string of the molecule is CCc1ccc2nc(-c3ccccc3)cc(Br)c2c1. The van der Waals surface area contributed by atoms with Gasteiger partial charge in [-0.25, -0.2) is 4.98 Å². The summed E-state index contributed by atoms with van der Waals surface area (Å²) in [6.07, 6.45) is 1.04. The maximum Gasteiger partial charge on any atom is 0.0721 e. The molecular weight excluding hydrogens is 298 g/mol. The molecule has 2 aromatic carbocycles. The van der Waals surface area contributed by atoms with E-state index in [9.17, 15) is 0 Å². The highest BCUT2D eigenvalue weighted by atomic mass is 79.9. The van der Waals surface area contributed by atoms with Gasteiger partial charge in [-0.1, -0.05) is 59.3 Å². The third-order valence-corrected chi connectivity index (χ3v) is 3.96. The lowest BCUT2D eigenvalue weighted by Crippen LogP contribution is -1.88. The molecular formula is C17H14BrN. The Balaban J connectivity index is 2.20. The van der Waals surface area contributed by atoms with Crippen LogP contribution in [0.5, 0.6) is 0 Å². The van der Waals surface area contributed by atoms with Crippen LogP contribution in [0.25, 0.3) is 22.2 Å². The highest BCUT2D eigenvalue weighted by Gasteiger charge is 2.06. The number of benzene rings is 2. The van der Waals surface area contributed by atoms with E-state index in [0.717, 1.165) is 27.7 Å². The number of aromatic nitrogens is 1. The van der Waals surface area contributed by atoms with Gasteiger partial charge in [0, 0.05) is 15.4 Å². The fourth-order valence-corrected chi connectivity index (χ4v) is 2.74. The number of pyridine rings is 1. The maximum absolute atomic E-state index is 4.75. The molecule has 0 fully saturated rings. The van der Waals surface area contributed by atoms with Crippen molar-refractivity contribution in [3.63, 3.8) is 0 Å². The zero-order valence-electron chi connectivity index (χ0n) is 10.7. The van der Waals surface area contributed by atoms with Crippen LogP contribution in [-0.4, -0.2) is 4.98 Å². The molecule has 2 heteroatoms. The van der Waals surface area contributed by atoms with E-state index < -0.39 is 0 Å². The Labute approximate surface area is 121 Å². The average molecular weight is 312 g/mol. The van der Waals surface area contributed by atoms with Gasteiger partial charge in [0.1, 0.15) is 0 Å². The summed E-state index contributed by atoms with van der Waals surface area (Å²) >= 11 is 3.67. The molecule has 0 unspecified atom stereocenters. The Kier molecular flexibility index (Phi) is 3.34. The third-order valence-electron chi connectivity index (χ3n) is 3.30. The highest BCUT2D eigenvalue weighted by Crippen LogP contribution is 2.29. The van der Waals surface area contributed by atoms with Crippen LogP contribution in [0, 0.1) is 0 Å². The maximum atomic E-state index is 4.75. The van der Waals surface area contributed by atoms with Crippen molar-refractivity contribution >= 4 is 26.8 Å². The number of halogens is 1. The quantitative estimate of drug-likeness (QED) is 0.631. The molecule has 0 aliphatic carbocycles. The van der Waals surface area contributed by atoms with Crippen molar-refractivity contribution in [1.29, 1.82) is 0 Å². The molecule has 0 saturated heterocycles. The van der Waals surface area contributed by atoms with Crippen molar-refractivity contribution in [1.82, 2.24) is 4.98 Å². The van der Waals surface area contributed by atoms with Gasteiger partial charge in [-0.3, -0.25) is 0 Å². The minimum atomic E-state index is 1.00. The standard InChI is InChI=1S/C17H14BrN/c1-2-12-8-9-16-14(10-12)15(18)11-17(19-16)13-6-4-3-5-7-13/h3-11H,2H2,1H3. The van der Waals surface area contributed by atoms with Gasteiger partial charge in [0.05, 0.1) is 11.2 Å². The summed E-state index contributed by atoms with van der Waals surface area (Å²) in [6.45, 7) is 2.17. The summed E-state index contributed by atoms with van der Waals surface area (Å²) in [5, 5.41) is 1.18. The fraction of sp³-hybridized carbons (Fsp3) is 0.118. The summed E-state index contributed by atoms with van der Waals surface area (Å²) in [5.41, 5.74) is 4.52. The van der Waals surface area contributed by atoms with Crippen LogP contribution in [0.2, 0.25) is 0 Å². The van der Waals surface area contributed by atoms with E-state index in [1.165, 1.54) is 10.9 Å². The molecule has 0 atom stereocenters. The van der Waals surface area contributed by atoms with Crippen LogP contribution in [0.3, 0.4) is 0 Å². The van der Waals surface area contributed by atoms with E-state index in [4.69, 9.17) is 4.98 Å². The van der Waals surface area contributed by atoms with Crippen LogP contribution in [-0.2, 0) is 6.42 Å². The number of rotatable bonds is 2. The Morgan fingerprint density at radius 2 is 1.79 bits per heavy atom. The molecule has 1 aromatic heterocycles. The van der Waals surface area contributed by atoms with Gasteiger partial charge in [-0.2, -0.15) is 0 Å². The van der Waals surface area contributed by atoms with Crippen molar-refractivity contribution in [3.8, 4) is 11.3 Å². The zero-order valence-corrected chi connectivity index (χ0v) is 12.3. The average Bonchev–Trinajstić information content (AvgIpc) is 2.48. The van der Waals surface area contributed by atoms with Crippen molar-refractivity contribution in [3.05, 3.63) is 64.6 Å². The molecule has 0 radical (unpaired) electrons. The van der Waals surface area contributed by atoms with Crippen molar-refractivity contribution in [2.75, 3.05) is 0 Å². The first kappa shape index (κ1) is 12.4. The Morgan fingerprint density at radius 3 is 2.53 bits per heavy atom. The first-order chi connectivity index (χ1) is 9.28. The van der Waals surface area contributed by atoms with Gasteiger partial charge < -0.3 is 0 Å². The molecule has 3 rings (SSSR count). The predicted octanol–water partition coefficient (Wildman–Crippen LogP) is 5.23. The Bertz CT molecular complexity index is 720. The van der Waals surface area contributed by atoms with Gasteiger partial charge >= 0.3 is 0 Å². The van der Waals surface area contributed by atoms with Gasteiger partial charge in [0.15, 0.2) is 0 Å². The molecule has 0 spiro atoms. The molecule has 1 nitrogen and oxygen atoms in total. The summed E-state index contributed by atoms with van der Waals surface area (Å²) < 4.78 is 1.10. The van der Waals surface area contributed by atoms with Gasteiger partial charge in [0.2, 0.25) is 0 Å². The lowest BCUT2D eigenvalue weighted by atomic mass is 10.1. The topological polar surface area (TPSA) is 12.9 Å². The third kappa shape index (κ3) is 2.41. The molecule has 0 N–H and O–H groups in total. The van der Waals surface area contributed by atoms with Crippen LogP contribution in [0.1, 0.15) is 12.5 Å². The van der Waals surface area contributed by atoms with Crippen molar-refractivity contribution in [2.24, 2.45) is 0 Å². The van der Waals surface area contributed by atoms with Crippen molar-refractivity contribution < 1.29 is 0 Å². The minimum absolute atomic E-state index is 1.00. The second kappa shape index (κ2) is 5.14. The smallest absolute Gasteiger partial charge is 0.0721 e. The molecule has 0 amide bonds. The van der Waals surface area contributed by atoms with E-state index in [1.54, 1.807) is 0 Å². The number of hydrogen-bond acceptors (Lipinski definition) is 1. The van der Waals surface area contributed by atoms with Gasteiger partial charge in [0.25, 0.3) is 0 Å². The van der Waals surface area contributed by atoms with Gasteiger partial charge in [-0.05, 0) is 30.2 Å². The highest BCUT2D eigenvalue weighted by molar-refractivity contribution is 9.10. The number of hydrogen-bond donors (Lipinski definition) is 0. The molecule has 0 saturated carbocycles. The normalized spacial score (nSPS) is 10.8. The second-order valence-corrected chi connectivity index (χ2v) is 5.41. The van der Waals surface area contributed by atoms with Crippen LogP contribution in [0.4, 0.5) is 0 Å². The molecule has 1 heterocycles. The van der Waals surface area contributed by atoms with E-state index >= 15 is 0 Å². The Morgan fingerprint density at radius 1 is 1.00 bits per heavy atom. The van der Waals surface area contributed by atoms with Crippen LogP contribution in [0.15, 0.2) is 59.1 Å². The number of nitrogens with zero attached hydrogens (tertiary/aromatic N) is 1. The Hall–Kier alpha value is -1.67. The van der Waals surface area contributed by atoms with E-state index in [1.807, 2.05) is 18.2 Å². The first-order valence-electron chi connectivity index (χ1n) is 6.42. The number of fused-ring (bicyclic) bond motifs is 1. The molecule has 0 aliphatic heterocycles. The lowest BCUT2D eigenvalue weighted by molar-refractivity contribution is 1.14.